The molecule has 0 aromatic heterocycles. The minimum atomic E-state index is -3.82. The molecule has 3 amide bonds. The van der Waals surface area contributed by atoms with Crippen LogP contribution in [0.2, 0.25) is 5.02 Å². The van der Waals surface area contributed by atoms with Crippen LogP contribution in [0.15, 0.2) is 41.3 Å². The second-order valence-electron chi connectivity index (χ2n) is 7.57. The molecule has 1 atom stereocenters. The van der Waals surface area contributed by atoms with Crippen molar-refractivity contribution in [1.29, 1.82) is 0 Å². The Morgan fingerprint density at radius 2 is 1.91 bits per heavy atom. The zero-order valence-corrected chi connectivity index (χ0v) is 19.6. The molecule has 1 saturated heterocycles. The standard InChI is InChI=1S/C21H23ClN4O6S/c1-13-20(27)23-17-12-15(4-6-19(17)32-13)33(29,30)26-9-7-25(8-10-26)21(28)24-16-11-14(22)3-5-18(16)31-2/h3-6,11-13H,7-10H2,1-2H3,(H,23,27)(H,24,28). The monoisotopic (exact) mass is 494 g/mol. The second-order valence-corrected chi connectivity index (χ2v) is 9.95. The van der Waals surface area contributed by atoms with Gasteiger partial charge < -0.3 is 25.0 Å². The van der Waals surface area contributed by atoms with E-state index in [0.29, 0.717) is 27.9 Å². The second kappa shape index (κ2) is 9.08. The third-order valence-corrected chi connectivity index (χ3v) is 7.58. The Morgan fingerprint density at radius 3 is 2.61 bits per heavy atom. The molecule has 4 rings (SSSR count). The van der Waals surface area contributed by atoms with Gasteiger partial charge in [0.15, 0.2) is 6.10 Å². The molecular weight excluding hydrogens is 472 g/mol. The number of ether oxygens (including phenoxy) is 2. The molecule has 0 saturated carbocycles. The van der Waals surface area contributed by atoms with Crippen molar-refractivity contribution in [3.8, 4) is 11.5 Å². The molecule has 1 unspecified atom stereocenters. The maximum Gasteiger partial charge on any atom is 0.322 e. The summed E-state index contributed by atoms with van der Waals surface area (Å²) < 4.78 is 38.3. The fraction of sp³-hybridized carbons (Fsp3) is 0.333. The quantitative estimate of drug-likeness (QED) is 0.674. The summed E-state index contributed by atoms with van der Waals surface area (Å²) in [5.74, 6) is 0.541. The molecule has 1 fully saturated rings. The van der Waals surface area contributed by atoms with Crippen LogP contribution in [0.5, 0.6) is 11.5 Å². The minimum Gasteiger partial charge on any atom is -0.495 e. The molecule has 0 radical (unpaired) electrons. The molecule has 176 valence electrons. The SMILES string of the molecule is COc1ccc(Cl)cc1NC(=O)N1CCN(S(=O)(=O)c2ccc3c(c2)NC(=O)C(C)O3)CC1. The Balaban J connectivity index is 1.42. The highest BCUT2D eigenvalue weighted by atomic mass is 35.5. The van der Waals surface area contributed by atoms with Crippen LogP contribution in [0, 0.1) is 0 Å². The van der Waals surface area contributed by atoms with Crippen LogP contribution in [0.25, 0.3) is 0 Å². The number of hydrogen-bond donors (Lipinski definition) is 2. The van der Waals surface area contributed by atoms with E-state index in [0.717, 1.165) is 0 Å². The molecule has 2 aliphatic rings. The molecule has 2 aliphatic heterocycles. The number of carbonyl (C=O) groups is 2. The molecule has 0 aliphatic carbocycles. The smallest absolute Gasteiger partial charge is 0.322 e. The summed E-state index contributed by atoms with van der Waals surface area (Å²) in [6.45, 7) is 2.27. The first-order chi connectivity index (χ1) is 15.7. The van der Waals surface area contributed by atoms with Gasteiger partial charge in [-0.2, -0.15) is 4.31 Å². The minimum absolute atomic E-state index is 0.0428. The zero-order valence-electron chi connectivity index (χ0n) is 18.0. The fourth-order valence-corrected chi connectivity index (χ4v) is 5.22. The molecule has 2 N–H and O–H groups in total. The molecule has 10 nitrogen and oxygen atoms in total. The van der Waals surface area contributed by atoms with Gasteiger partial charge in [0.25, 0.3) is 5.91 Å². The molecule has 0 bridgehead atoms. The van der Waals surface area contributed by atoms with E-state index in [1.54, 1.807) is 25.1 Å². The van der Waals surface area contributed by atoms with Crippen LogP contribution in [-0.4, -0.2) is 69.0 Å². The van der Waals surface area contributed by atoms with E-state index in [4.69, 9.17) is 21.1 Å². The number of halogens is 1. The number of amides is 3. The number of carbonyl (C=O) groups excluding carboxylic acids is 2. The topological polar surface area (TPSA) is 117 Å². The molecular formula is C21H23ClN4O6S. The third kappa shape index (κ3) is 4.70. The van der Waals surface area contributed by atoms with Crippen molar-refractivity contribution in [3.05, 3.63) is 41.4 Å². The number of nitrogens with one attached hydrogen (secondary N) is 2. The van der Waals surface area contributed by atoms with Crippen molar-refractivity contribution in [2.45, 2.75) is 17.9 Å². The van der Waals surface area contributed by atoms with Gasteiger partial charge in [-0.25, -0.2) is 13.2 Å². The van der Waals surface area contributed by atoms with Crippen LogP contribution in [0.1, 0.15) is 6.92 Å². The van der Waals surface area contributed by atoms with Crippen molar-refractivity contribution >= 4 is 44.9 Å². The van der Waals surface area contributed by atoms with Gasteiger partial charge in [-0.3, -0.25) is 4.79 Å². The Morgan fingerprint density at radius 1 is 1.18 bits per heavy atom. The van der Waals surface area contributed by atoms with Crippen molar-refractivity contribution in [1.82, 2.24) is 9.21 Å². The highest BCUT2D eigenvalue weighted by Gasteiger charge is 2.32. The van der Waals surface area contributed by atoms with E-state index in [-0.39, 0.29) is 43.0 Å². The van der Waals surface area contributed by atoms with E-state index < -0.39 is 16.1 Å². The van der Waals surface area contributed by atoms with Gasteiger partial charge in [-0.1, -0.05) is 11.6 Å². The zero-order chi connectivity index (χ0) is 23.8. The van der Waals surface area contributed by atoms with Crippen molar-refractivity contribution < 1.29 is 27.5 Å². The number of methoxy groups -OCH3 is 1. The molecule has 2 aromatic carbocycles. The van der Waals surface area contributed by atoms with Gasteiger partial charge in [-0.05, 0) is 43.3 Å². The summed E-state index contributed by atoms with van der Waals surface area (Å²) in [6.07, 6.45) is -0.647. The molecule has 2 heterocycles. The first kappa shape index (κ1) is 23.1. The number of urea groups is 1. The number of fused-ring (bicyclic) bond motifs is 1. The highest BCUT2D eigenvalue weighted by Crippen LogP contribution is 2.33. The summed E-state index contributed by atoms with van der Waals surface area (Å²) in [7, 11) is -2.33. The Hall–Kier alpha value is -3.02. The Labute approximate surface area is 196 Å². The molecule has 0 spiro atoms. The van der Waals surface area contributed by atoms with Gasteiger partial charge in [0.2, 0.25) is 10.0 Å². The number of anilines is 2. The van der Waals surface area contributed by atoms with E-state index in [9.17, 15) is 18.0 Å². The van der Waals surface area contributed by atoms with E-state index in [2.05, 4.69) is 10.6 Å². The normalized spacial score (nSPS) is 18.7. The van der Waals surface area contributed by atoms with Crippen LogP contribution in [0.4, 0.5) is 16.2 Å². The number of hydrogen-bond acceptors (Lipinski definition) is 6. The average Bonchev–Trinajstić information content (AvgIpc) is 2.79. The lowest BCUT2D eigenvalue weighted by atomic mass is 10.2. The molecule has 33 heavy (non-hydrogen) atoms. The molecule has 12 heteroatoms. The summed E-state index contributed by atoms with van der Waals surface area (Å²) >= 11 is 6.01. The number of piperazine rings is 1. The summed E-state index contributed by atoms with van der Waals surface area (Å²) in [6, 6.07) is 8.86. The molecule has 2 aromatic rings. The van der Waals surface area contributed by atoms with E-state index >= 15 is 0 Å². The first-order valence-electron chi connectivity index (χ1n) is 10.2. The lowest BCUT2D eigenvalue weighted by molar-refractivity contribution is -0.122. The fourth-order valence-electron chi connectivity index (χ4n) is 3.60. The van der Waals surface area contributed by atoms with Gasteiger partial charge >= 0.3 is 6.03 Å². The predicted octanol–water partition coefficient (Wildman–Crippen LogP) is 2.61. The summed E-state index contributed by atoms with van der Waals surface area (Å²) in [5.41, 5.74) is 0.741. The van der Waals surface area contributed by atoms with Crippen LogP contribution in [-0.2, 0) is 14.8 Å². The number of nitrogens with zero attached hydrogens (tertiary/aromatic N) is 2. The number of rotatable bonds is 4. The lowest BCUT2D eigenvalue weighted by Crippen LogP contribution is -2.51. The van der Waals surface area contributed by atoms with Gasteiger partial charge in [0, 0.05) is 31.2 Å². The Kier molecular flexibility index (Phi) is 6.37. The highest BCUT2D eigenvalue weighted by molar-refractivity contribution is 7.89. The van der Waals surface area contributed by atoms with Crippen LogP contribution in [0.3, 0.4) is 0 Å². The van der Waals surface area contributed by atoms with Gasteiger partial charge in [-0.15, -0.1) is 0 Å². The van der Waals surface area contributed by atoms with Crippen molar-refractivity contribution in [2.24, 2.45) is 0 Å². The largest absolute Gasteiger partial charge is 0.495 e. The van der Waals surface area contributed by atoms with Crippen LogP contribution < -0.4 is 20.1 Å². The van der Waals surface area contributed by atoms with Crippen molar-refractivity contribution in [2.75, 3.05) is 43.9 Å². The third-order valence-electron chi connectivity index (χ3n) is 5.45. The number of sulfonamides is 1. The van der Waals surface area contributed by atoms with Crippen molar-refractivity contribution in [3.63, 3.8) is 0 Å². The summed E-state index contributed by atoms with van der Waals surface area (Å²) in [4.78, 5) is 26.1. The summed E-state index contributed by atoms with van der Waals surface area (Å²) in [5, 5.41) is 5.86. The number of benzene rings is 2. The van der Waals surface area contributed by atoms with E-state index in [1.807, 2.05) is 0 Å². The lowest BCUT2D eigenvalue weighted by Gasteiger charge is -2.34. The van der Waals surface area contributed by atoms with Gasteiger partial charge in [0.1, 0.15) is 11.5 Å². The maximum absolute atomic E-state index is 13.1. The van der Waals surface area contributed by atoms with Crippen LogP contribution >= 0.6 is 11.6 Å². The van der Waals surface area contributed by atoms with Gasteiger partial charge in [0.05, 0.1) is 23.4 Å². The van der Waals surface area contributed by atoms with E-state index in [1.165, 1.54) is 34.5 Å². The first-order valence-corrected chi connectivity index (χ1v) is 12.0. The maximum atomic E-state index is 13.1. The Bertz CT molecular complexity index is 1200. The predicted molar refractivity (Wildman–Crippen MR) is 123 cm³/mol. The average molecular weight is 495 g/mol.